The van der Waals surface area contributed by atoms with Crippen molar-refractivity contribution in [2.75, 3.05) is 17.6 Å². The summed E-state index contributed by atoms with van der Waals surface area (Å²) in [5.74, 6) is 1.42. The average molecular weight is 248 g/mol. The van der Waals surface area contributed by atoms with Crippen LogP contribution in [0.15, 0.2) is 6.07 Å². The average Bonchev–Trinajstić information content (AvgIpc) is 2.13. The molecule has 0 aliphatic rings. The number of anilines is 2. The third-order valence-electron chi connectivity index (χ3n) is 2.05. The van der Waals surface area contributed by atoms with E-state index in [1.165, 1.54) is 0 Å². The van der Waals surface area contributed by atoms with Crippen molar-refractivity contribution < 1.29 is 13.2 Å². The zero-order valence-electron chi connectivity index (χ0n) is 9.51. The molecule has 0 spiro atoms. The van der Waals surface area contributed by atoms with E-state index < -0.39 is 12.6 Å². The van der Waals surface area contributed by atoms with E-state index in [1.807, 2.05) is 0 Å². The van der Waals surface area contributed by atoms with Gasteiger partial charge in [0.05, 0.1) is 0 Å². The molecule has 3 N–H and O–H groups in total. The van der Waals surface area contributed by atoms with Crippen LogP contribution in [0.3, 0.4) is 0 Å². The Morgan fingerprint density at radius 1 is 1.29 bits per heavy atom. The van der Waals surface area contributed by atoms with E-state index in [4.69, 9.17) is 5.73 Å². The third kappa shape index (κ3) is 5.94. The van der Waals surface area contributed by atoms with Crippen molar-refractivity contribution in [1.82, 2.24) is 9.97 Å². The maximum atomic E-state index is 11.9. The fourth-order valence-corrected chi connectivity index (χ4v) is 1.35. The van der Waals surface area contributed by atoms with Crippen molar-refractivity contribution in [1.29, 1.82) is 0 Å². The molecule has 7 heteroatoms. The van der Waals surface area contributed by atoms with Crippen LogP contribution in [0.2, 0.25) is 0 Å². The Kier molecular flexibility index (Phi) is 4.53. The molecule has 1 aromatic heterocycles. The first-order valence-corrected chi connectivity index (χ1v) is 5.28. The van der Waals surface area contributed by atoms with Crippen molar-refractivity contribution in [3.05, 3.63) is 11.9 Å². The zero-order valence-corrected chi connectivity index (χ0v) is 9.51. The van der Waals surface area contributed by atoms with Gasteiger partial charge in [-0.05, 0) is 19.8 Å². The second kappa shape index (κ2) is 5.70. The van der Waals surface area contributed by atoms with E-state index in [2.05, 4.69) is 15.3 Å². The van der Waals surface area contributed by atoms with Gasteiger partial charge in [-0.2, -0.15) is 13.2 Å². The Bertz CT molecular complexity index is 345. The molecule has 0 radical (unpaired) electrons. The number of hydrogen-bond acceptors (Lipinski definition) is 4. The van der Waals surface area contributed by atoms with Crippen LogP contribution in [0.4, 0.5) is 24.8 Å². The molecule has 0 fully saturated rings. The minimum absolute atomic E-state index is 0.107. The molecule has 0 atom stereocenters. The molecule has 4 nitrogen and oxygen atoms in total. The van der Waals surface area contributed by atoms with Gasteiger partial charge in [0.15, 0.2) is 0 Å². The van der Waals surface area contributed by atoms with Crippen LogP contribution in [-0.2, 0) is 0 Å². The fraction of sp³-hybridized carbons (Fsp3) is 0.600. The molecule has 0 unspecified atom stereocenters. The van der Waals surface area contributed by atoms with Crippen LogP contribution in [0, 0.1) is 6.92 Å². The summed E-state index contributed by atoms with van der Waals surface area (Å²) in [6.45, 7) is 2.14. The number of nitrogens with zero attached hydrogens (tertiary/aromatic N) is 2. The Morgan fingerprint density at radius 2 is 2.00 bits per heavy atom. The molecule has 0 amide bonds. The molecule has 0 bridgehead atoms. The molecular weight excluding hydrogens is 233 g/mol. The SMILES string of the molecule is Cc1nc(N)cc(NCCCCC(F)(F)F)n1. The van der Waals surface area contributed by atoms with E-state index in [-0.39, 0.29) is 6.42 Å². The Morgan fingerprint density at radius 3 is 2.59 bits per heavy atom. The van der Waals surface area contributed by atoms with Crippen LogP contribution < -0.4 is 11.1 Å². The van der Waals surface area contributed by atoms with Crippen molar-refractivity contribution in [2.45, 2.75) is 32.4 Å². The van der Waals surface area contributed by atoms with E-state index >= 15 is 0 Å². The zero-order chi connectivity index (χ0) is 12.9. The molecule has 96 valence electrons. The molecule has 0 aromatic carbocycles. The fourth-order valence-electron chi connectivity index (χ4n) is 1.35. The van der Waals surface area contributed by atoms with E-state index in [0.29, 0.717) is 30.4 Å². The van der Waals surface area contributed by atoms with Crippen molar-refractivity contribution in [2.24, 2.45) is 0 Å². The summed E-state index contributed by atoms with van der Waals surface area (Å²) >= 11 is 0. The smallest absolute Gasteiger partial charge is 0.384 e. The van der Waals surface area contributed by atoms with Crippen molar-refractivity contribution >= 4 is 11.6 Å². The monoisotopic (exact) mass is 248 g/mol. The highest BCUT2D eigenvalue weighted by Gasteiger charge is 2.25. The molecule has 0 saturated carbocycles. The lowest BCUT2D eigenvalue weighted by Gasteiger charge is -2.08. The highest BCUT2D eigenvalue weighted by Crippen LogP contribution is 2.22. The number of rotatable bonds is 5. The Labute approximate surface area is 97.4 Å². The minimum atomic E-state index is -4.07. The molecule has 0 aliphatic heterocycles. The second-order valence-electron chi connectivity index (χ2n) is 3.72. The van der Waals surface area contributed by atoms with Crippen molar-refractivity contribution in [3.8, 4) is 0 Å². The van der Waals surface area contributed by atoms with E-state index in [1.54, 1.807) is 13.0 Å². The number of nitrogen functional groups attached to an aromatic ring is 1. The molecular formula is C10H15F3N4. The number of aryl methyl sites for hydroxylation is 1. The molecule has 17 heavy (non-hydrogen) atoms. The lowest BCUT2D eigenvalue weighted by Crippen LogP contribution is -2.09. The van der Waals surface area contributed by atoms with Crippen LogP contribution in [0.5, 0.6) is 0 Å². The van der Waals surface area contributed by atoms with Gasteiger partial charge in [0.25, 0.3) is 0 Å². The number of nitrogens with two attached hydrogens (primary N) is 1. The van der Waals surface area contributed by atoms with Gasteiger partial charge in [0, 0.05) is 19.0 Å². The van der Waals surface area contributed by atoms with Crippen molar-refractivity contribution in [3.63, 3.8) is 0 Å². The number of aromatic nitrogens is 2. The van der Waals surface area contributed by atoms with E-state index in [9.17, 15) is 13.2 Å². The largest absolute Gasteiger partial charge is 0.389 e. The molecule has 1 heterocycles. The number of nitrogens with one attached hydrogen (secondary N) is 1. The van der Waals surface area contributed by atoms with Gasteiger partial charge < -0.3 is 11.1 Å². The summed E-state index contributed by atoms with van der Waals surface area (Å²) < 4.78 is 35.6. The van der Waals surface area contributed by atoms with Gasteiger partial charge in [0.2, 0.25) is 0 Å². The standard InChI is InChI=1S/C10H15F3N4/c1-7-16-8(14)6-9(17-7)15-5-3-2-4-10(11,12)13/h6H,2-5H2,1H3,(H3,14,15,16,17). The quantitative estimate of drug-likeness (QED) is 0.786. The summed E-state index contributed by atoms with van der Waals surface area (Å²) in [4.78, 5) is 7.94. The minimum Gasteiger partial charge on any atom is -0.384 e. The lowest BCUT2D eigenvalue weighted by molar-refractivity contribution is -0.135. The normalized spacial score (nSPS) is 11.5. The van der Waals surface area contributed by atoms with Crippen LogP contribution in [0.1, 0.15) is 25.1 Å². The summed E-state index contributed by atoms with van der Waals surface area (Å²) in [5, 5.41) is 2.91. The maximum Gasteiger partial charge on any atom is 0.389 e. The topological polar surface area (TPSA) is 63.8 Å². The molecule has 1 rings (SSSR count). The third-order valence-corrected chi connectivity index (χ3v) is 2.05. The number of hydrogen-bond donors (Lipinski definition) is 2. The number of alkyl halides is 3. The first-order valence-electron chi connectivity index (χ1n) is 5.28. The van der Waals surface area contributed by atoms with E-state index in [0.717, 1.165) is 0 Å². The highest BCUT2D eigenvalue weighted by molar-refractivity contribution is 5.44. The predicted molar refractivity (Wildman–Crippen MR) is 59.6 cm³/mol. The highest BCUT2D eigenvalue weighted by atomic mass is 19.4. The van der Waals surface area contributed by atoms with Crippen LogP contribution in [0.25, 0.3) is 0 Å². The molecule has 0 saturated heterocycles. The van der Waals surface area contributed by atoms with Gasteiger partial charge in [-0.3, -0.25) is 0 Å². The summed E-state index contributed by atoms with van der Waals surface area (Å²) in [7, 11) is 0. The van der Waals surface area contributed by atoms with Crippen LogP contribution >= 0.6 is 0 Å². The first kappa shape index (κ1) is 13.5. The maximum absolute atomic E-state index is 11.9. The van der Waals surface area contributed by atoms with Gasteiger partial charge in [0.1, 0.15) is 17.5 Å². The molecule has 0 aliphatic carbocycles. The summed E-state index contributed by atoms with van der Waals surface area (Å²) in [5.41, 5.74) is 5.51. The second-order valence-corrected chi connectivity index (χ2v) is 3.72. The van der Waals surface area contributed by atoms with Crippen LogP contribution in [-0.4, -0.2) is 22.7 Å². The number of halogens is 3. The Hall–Kier alpha value is -1.53. The summed E-state index contributed by atoms with van der Waals surface area (Å²) in [6.07, 6.45) is -4.28. The lowest BCUT2D eigenvalue weighted by atomic mass is 10.2. The first-order chi connectivity index (χ1) is 7.87. The van der Waals surface area contributed by atoms with Gasteiger partial charge in [-0.1, -0.05) is 0 Å². The molecule has 1 aromatic rings. The van der Waals surface area contributed by atoms with Gasteiger partial charge >= 0.3 is 6.18 Å². The Balaban J connectivity index is 2.27. The van der Waals surface area contributed by atoms with Gasteiger partial charge in [-0.25, -0.2) is 9.97 Å². The summed E-state index contributed by atoms with van der Waals surface area (Å²) in [6, 6.07) is 1.55. The predicted octanol–water partition coefficient (Wildman–Crippen LogP) is 2.51. The number of unbranched alkanes of at least 4 members (excludes halogenated alkanes) is 1. The van der Waals surface area contributed by atoms with Gasteiger partial charge in [-0.15, -0.1) is 0 Å².